The van der Waals surface area contributed by atoms with E-state index < -0.39 is 0 Å². The summed E-state index contributed by atoms with van der Waals surface area (Å²) in [5.41, 5.74) is 4.07. The summed E-state index contributed by atoms with van der Waals surface area (Å²) in [6, 6.07) is 0. The van der Waals surface area contributed by atoms with Gasteiger partial charge in [0.2, 0.25) is 0 Å². The van der Waals surface area contributed by atoms with Crippen molar-refractivity contribution in [3.05, 3.63) is 60.4 Å². The van der Waals surface area contributed by atoms with Crippen LogP contribution in [0.4, 0.5) is 0 Å². The molecule has 4 unspecified atom stereocenters. The van der Waals surface area contributed by atoms with E-state index in [-0.39, 0.29) is 24.8 Å². The first-order valence-electron chi connectivity index (χ1n) is 11.0. The maximum Gasteiger partial charge on any atom is -1.00 e. The molecular formula is C27H40Cl2Zr-2. The van der Waals surface area contributed by atoms with Crippen molar-refractivity contribution in [2.24, 2.45) is 34.5 Å². The molecule has 0 aromatic rings. The van der Waals surface area contributed by atoms with Gasteiger partial charge in [-0.25, -0.2) is 36.1 Å². The zero-order valence-corrected chi connectivity index (χ0v) is 23.7. The number of fused-ring (bicyclic) bond motifs is 2. The molecule has 30 heavy (non-hydrogen) atoms. The molecule has 3 heteroatoms. The van der Waals surface area contributed by atoms with Crippen molar-refractivity contribution in [3.63, 3.8) is 0 Å². The molecule has 2 saturated carbocycles. The summed E-state index contributed by atoms with van der Waals surface area (Å²) in [6.07, 6.45) is 23.7. The molecule has 4 aliphatic carbocycles. The Morgan fingerprint density at radius 2 is 1.10 bits per heavy atom. The van der Waals surface area contributed by atoms with E-state index in [0.717, 1.165) is 23.7 Å². The molecule has 0 heterocycles. The van der Waals surface area contributed by atoms with E-state index in [2.05, 4.69) is 95.1 Å². The number of halogens is 2. The number of allylic oxidation sites excluding steroid dienone is 8. The van der Waals surface area contributed by atoms with Gasteiger partial charge in [-0.1, -0.05) is 66.2 Å². The summed E-state index contributed by atoms with van der Waals surface area (Å²) in [4.78, 5) is 0. The first kappa shape index (κ1) is 30.0. The normalized spacial score (nSPS) is 31.5. The molecule has 4 aliphatic rings. The number of hydrogen-bond acceptors (Lipinski definition) is 0. The fourth-order valence-electron chi connectivity index (χ4n) is 5.31. The third-order valence-electron chi connectivity index (χ3n) is 7.00. The van der Waals surface area contributed by atoms with Crippen molar-refractivity contribution in [2.45, 2.75) is 67.2 Å². The quantitative estimate of drug-likeness (QED) is 0.420. The molecule has 0 aromatic carbocycles. The van der Waals surface area contributed by atoms with Gasteiger partial charge in [-0.05, 0) is 35.5 Å². The van der Waals surface area contributed by atoms with Crippen molar-refractivity contribution >= 4 is 4.21 Å². The maximum absolute atomic E-state index is 3.34. The van der Waals surface area contributed by atoms with E-state index in [1.165, 1.54) is 49.9 Å². The van der Waals surface area contributed by atoms with E-state index in [1.807, 2.05) is 0 Å². The molecule has 0 bridgehead atoms. The molecule has 0 aromatic heterocycles. The molecule has 0 saturated heterocycles. The summed E-state index contributed by atoms with van der Waals surface area (Å²) < 4.78 is 3.34. The van der Waals surface area contributed by atoms with Crippen LogP contribution in [0.2, 0.25) is 0 Å². The summed E-state index contributed by atoms with van der Waals surface area (Å²) >= 11 is 1.30. The zero-order valence-electron chi connectivity index (χ0n) is 19.7. The molecule has 4 rings (SSSR count). The molecule has 0 radical (unpaired) electrons. The molecule has 0 spiro atoms. The molecule has 4 atom stereocenters. The molecule has 0 N–H and O–H groups in total. The number of rotatable bonds is 0. The third-order valence-corrected chi connectivity index (χ3v) is 7.00. The predicted octanol–water partition coefficient (Wildman–Crippen LogP) is 1.49. The monoisotopic (exact) mass is 524 g/mol. The van der Waals surface area contributed by atoms with Crippen LogP contribution in [0.15, 0.2) is 47.6 Å². The second kappa shape index (κ2) is 12.9. The molecule has 0 aliphatic heterocycles. The van der Waals surface area contributed by atoms with Crippen molar-refractivity contribution in [1.82, 2.24) is 0 Å². The molecule has 0 amide bonds. The zero-order chi connectivity index (χ0) is 20.9. The maximum atomic E-state index is 3.34. The Kier molecular flexibility index (Phi) is 12.9. The van der Waals surface area contributed by atoms with Crippen LogP contribution < -0.4 is 24.8 Å². The Morgan fingerprint density at radius 1 is 0.767 bits per heavy atom. The average molecular weight is 527 g/mol. The van der Waals surface area contributed by atoms with Gasteiger partial charge in [0.25, 0.3) is 0 Å². The van der Waals surface area contributed by atoms with Crippen LogP contribution in [0.5, 0.6) is 0 Å². The van der Waals surface area contributed by atoms with Crippen molar-refractivity contribution < 1.29 is 49.0 Å². The van der Waals surface area contributed by atoms with Crippen LogP contribution in [0.3, 0.4) is 0 Å². The summed E-state index contributed by atoms with van der Waals surface area (Å²) in [6.45, 7) is 14.2. The van der Waals surface area contributed by atoms with Gasteiger partial charge in [-0.15, -0.1) is 24.3 Å². The van der Waals surface area contributed by atoms with Crippen LogP contribution in [0.25, 0.3) is 0 Å². The average Bonchev–Trinajstić information content (AvgIpc) is 3.14. The minimum absolute atomic E-state index is 0. The van der Waals surface area contributed by atoms with Gasteiger partial charge in [-0.2, -0.15) is 0 Å². The fraction of sp³-hybridized carbons (Fsp3) is 0.593. The minimum atomic E-state index is 0. The van der Waals surface area contributed by atoms with E-state index in [0.29, 0.717) is 10.8 Å². The smallest absolute Gasteiger partial charge is 1.00 e. The van der Waals surface area contributed by atoms with E-state index in [4.69, 9.17) is 0 Å². The molecular weight excluding hydrogens is 486 g/mol. The topological polar surface area (TPSA) is 0 Å². The Morgan fingerprint density at radius 3 is 1.43 bits per heavy atom. The summed E-state index contributed by atoms with van der Waals surface area (Å²) in [5.74, 6) is 3.14. The van der Waals surface area contributed by atoms with Gasteiger partial charge in [0.15, 0.2) is 0 Å². The van der Waals surface area contributed by atoms with Gasteiger partial charge >= 0.3 is 28.4 Å². The van der Waals surface area contributed by atoms with Crippen LogP contribution in [-0.2, 0) is 24.2 Å². The van der Waals surface area contributed by atoms with Gasteiger partial charge in [-0.3, -0.25) is 0 Å². The van der Waals surface area contributed by atoms with Crippen LogP contribution in [0.1, 0.15) is 67.2 Å². The van der Waals surface area contributed by atoms with E-state index in [1.54, 1.807) is 11.1 Å². The SMILES string of the molecule is CC1[CH-]C2=CC=CCC(C)(C)C2C1.CC1[CH-]C2=CC=CCC(C)(C)C2C1.[CH2]=[Zr+2].[Cl-].[Cl-]. The third kappa shape index (κ3) is 7.57. The first-order chi connectivity index (χ1) is 13.2. The summed E-state index contributed by atoms with van der Waals surface area (Å²) in [5, 5.41) is 0. The summed E-state index contributed by atoms with van der Waals surface area (Å²) in [7, 11) is 0. The van der Waals surface area contributed by atoms with Crippen molar-refractivity contribution in [1.29, 1.82) is 0 Å². The van der Waals surface area contributed by atoms with Crippen LogP contribution in [-0.4, -0.2) is 4.21 Å². The number of hydrogen-bond donors (Lipinski definition) is 0. The first-order valence-corrected chi connectivity index (χ1v) is 12.7. The fourth-order valence-corrected chi connectivity index (χ4v) is 5.31. The standard InChI is InChI=1S/2C13H19.CH2.2ClH.Zr/c2*1-10-8-11-6-4-5-7-13(2,3)12(11)9-10;;;;/h2*4-6,8,10,12H,7,9H2,1-3H3;1H2;2*1H;/q2*-1;;;;+2/p-2. The Hall–Kier alpha value is 0.0331. The van der Waals surface area contributed by atoms with Gasteiger partial charge < -0.3 is 24.8 Å². The molecule has 0 nitrogen and oxygen atoms in total. The van der Waals surface area contributed by atoms with Crippen molar-refractivity contribution in [3.8, 4) is 0 Å². The van der Waals surface area contributed by atoms with Gasteiger partial charge in [0.1, 0.15) is 0 Å². The second-order valence-corrected chi connectivity index (χ2v) is 10.4. The molecule has 2 fully saturated rings. The second-order valence-electron chi connectivity index (χ2n) is 10.4. The largest absolute Gasteiger partial charge is 1.00 e. The van der Waals surface area contributed by atoms with E-state index >= 15 is 0 Å². The van der Waals surface area contributed by atoms with E-state index in [9.17, 15) is 0 Å². The molecule has 168 valence electrons. The minimum Gasteiger partial charge on any atom is -1.00 e. The van der Waals surface area contributed by atoms with Crippen LogP contribution >= 0.6 is 0 Å². The van der Waals surface area contributed by atoms with Crippen LogP contribution in [0, 0.1) is 47.3 Å². The Bertz CT molecular complexity index is 598. The van der Waals surface area contributed by atoms with Gasteiger partial charge in [0, 0.05) is 0 Å². The van der Waals surface area contributed by atoms with Crippen molar-refractivity contribution in [2.75, 3.05) is 0 Å². The Labute approximate surface area is 214 Å². The predicted molar refractivity (Wildman–Crippen MR) is 122 cm³/mol. The van der Waals surface area contributed by atoms with Gasteiger partial charge in [0.05, 0.1) is 0 Å². The Balaban J connectivity index is 0.000000488.